The fraction of sp³-hybridized carbons (Fsp3) is 0.0800. The van der Waals surface area contributed by atoms with Crippen LogP contribution in [0.4, 0.5) is 11.4 Å². The molecule has 8 heteroatoms. The zero-order valence-corrected chi connectivity index (χ0v) is 17.7. The minimum atomic E-state index is -0.837. The predicted molar refractivity (Wildman–Crippen MR) is 126 cm³/mol. The molecule has 168 valence electrons. The number of hydrogen-bond donors (Lipinski definition) is 5. The van der Waals surface area contributed by atoms with Crippen LogP contribution in [-0.2, 0) is 16.0 Å². The Hall–Kier alpha value is -4.43. The fourth-order valence-electron chi connectivity index (χ4n) is 3.06. The lowest BCUT2D eigenvalue weighted by atomic mass is 10.0. The summed E-state index contributed by atoms with van der Waals surface area (Å²) in [5.74, 6) is -1.49. The van der Waals surface area contributed by atoms with Gasteiger partial charge in [0.1, 0.15) is 6.04 Å². The van der Waals surface area contributed by atoms with Gasteiger partial charge in [-0.1, -0.05) is 42.5 Å². The van der Waals surface area contributed by atoms with E-state index < -0.39 is 23.8 Å². The highest BCUT2D eigenvalue weighted by Crippen LogP contribution is 2.12. The summed E-state index contributed by atoms with van der Waals surface area (Å²) in [6.45, 7) is 0. The monoisotopic (exact) mass is 444 g/mol. The molecule has 0 heterocycles. The van der Waals surface area contributed by atoms with Crippen LogP contribution in [0.15, 0.2) is 84.9 Å². The molecule has 0 saturated carbocycles. The maximum Gasteiger partial charge on any atom is 0.274 e. The Kier molecular flexibility index (Phi) is 7.93. The van der Waals surface area contributed by atoms with Crippen molar-refractivity contribution in [1.82, 2.24) is 10.8 Å². The van der Waals surface area contributed by atoms with Crippen molar-refractivity contribution in [3.05, 3.63) is 102 Å². The van der Waals surface area contributed by atoms with Crippen LogP contribution in [0.5, 0.6) is 0 Å². The molecule has 0 aliphatic carbocycles. The largest absolute Gasteiger partial charge is 0.399 e. The smallest absolute Gasteiger partial charge is 0.274 e. The second-order valence-corrected chi connectivity index (χ2v) is 7.26. The van der Waals surface area contributed by atoms with Gasteiger partial charge in [0.2, 0.25) is 11.8 Å². The molecular weight excluding hydrogens is 420 g/mol. The van der Waals surface area contributed by atoms with Crippen LogP contribution < -0.4 is 21.8 Å². The van der Waals surface area contributed by atoms with Gasteiger partial charge in [-0.25, -0.2) is 5.48 Å². The van der Waals surface area contributed by atoms with Gasteiger partial charge in [0.25, 0.3) is 5.91 Å². The van der Waals surface area contributed by atoms with Crippen LogP contribution in [0.25, 0.3) is 6.08 Å². The Morgan fingerprint density at radius 1 is 0.909 bits per heavy atom. The summed E-state index contributed by atoms with van der Waals surface area (Å²) >= 11 is 0. The van der Waals surface area contributed by atoms with E-state index in [1.54, 1.807) is 35.8 Å². The molecule has 0 bridgehead atoms. The van der Waals surface area contributed by atoms with E-state index in [1.807, 2.05) is 30.3 Å². The van der Waals surface area contributed by atoms with Crippen molar-refractivity contribution in [3.63, 3.8) is 0 Å². The van der Waals surface area contributed by atoms with Crippen LogP contribution in [0.3, 0.4) is 0 Å². The molecule has 0 spiro atoms. The summed E-state index contributed by atoms with van der Waals surface area (Å²) in [6, 6.07) is 21.5. The maximum absolute atomic E-state index is 13.0. The summed E-state index contributed by atoms with van der Waals surface area (Å²) in [6.07, 6.45) is 3.29. The van der Waals surface area contributed by atoms with E-state index in [0.29, 0.717) is 17.8 Å². The Labute approximate surface area is 191 Å². The van der Waals surface area contributed by atoms with E-state index in [-0.39, 0.29) is 5.56 Å². The third-order valence-corrected chi connectivity index (χ3v) is 4.80. The lowest BCUT2D eigenvalue weighted by Gasteiger charge is -2.18. The quantitative estimate of drug-likeness (QED) is 0.158. The molecule has 3 amide bonds. The highest BCUT2D eigenvalue weighted by molar-refractivity contribution is 6.00. The molecule has 0 saturated heterocycles. The lowest BCUT2D eigenvalue weighted by Crippen LogP contribution is -2.44. The van der Waals surface area contributed by atoms with Crippen molar-refractivity contribution in [2.24, 2.45) is 0 Å². The average molecular weight is 444 g/mol. The summed E-state index contributed by atoms with van der Waals surface area (Å²) in [7, 11) is 0. The summed E-state index contributed by atoms with van der Waals surface area (Å²) in [5.41, 5.74) is 10.2. The number of carbonyl (C=O) groups excluding carboxylic acids is 3. The molecule has 0 aliphatic rings. The standard InChI is InChI=1S/C25H24N4O4/c26-20-11-6-17(7-12-20)8-15-23(30)28-22(16-18-4-2-1-3-5-18)25(32)27-21-13-9-19(10-14-21)24(31)29-33/h1-15,22,33H,16,26H2,(H,27,32)(H,28,30)(H,29,31)/b15-8+. The van der Waals surface area contributed by atoms with Crippen molar-refractivity contribution >= 4 is 35.2 Å². The molecule has 0 aromatic heterocycles. The Morgan fingerprint density at radius 3 is 2.21 bits per heavy atom. The van der Waals surface area contributed by atoms with Crippen LogP contribution in [0.2, 0.25) is 0 Å². The SMILES string of the molecule is Nc1ccc(/C=C/C(=O)NC(Cc2ccccc2)C(=O)Nc2ccc(C(=O)NO)cc2)cc1. The van der Waals surface area contributed by atoms with E-state index in [1.165, 1.54) is 30.3 Å². The summed E-state index contributed by atoms with van der Waals surface area (Å²) in [4.78, 5) is 36.9. The zero-order chi connectivity index (χ0) is 23.6. The molecule has 3 aromatic rings. The van der Waals surface area contributed by atoms with Gasteiger partial charge in [0, 0.05) is 29.4 Å². The van der Waals surface area contributed by atoms with E-state index >= 15 is 0 Å². The van der Waals surface area contributed by atoms with Gasteiger partial charge < -0.3 is 16.4 Å². The van der Waals surface area contributed by atoms with Crippen molar-refractivity contribution in [2.75, 3.05) is 11.1 Å². The van der Waals surface area contributed by atoms with Crippen molar-refractivity contribution in [3.8, 4) is 0 Å². The first-order valence-corrected chi connectivity index (χ1v) is 10.2. The van der Waals surface area contributed by atoms with Crippen LogP contribution in [-0.4, -0.2) is 29.0 Å². The van der Waals surface area contributed by atoms with E-state index in [2.05, 4.69) is 10.6 Å². The average Bonchev–Trinajstić information content (AvgIpc) is 2.84. The molecule has 1 unspecified atom stereocenters. The van der Waals surface area contributed by atoms with Gasteiger partial charge in [-0.2, -0.15) is 0 Å². The third kappa shape index (κ3) is 7.05. The van der Waals surface area contributed by atoms with Crippen LogP contribution >= 0.6 is 0 Å². The minimum Gasteiger partial charge on any atom is -0.399 e. The van der Waals surface area contributed by atoms with Crippen molar-refractivity contribution in [2.45, 2.75) is 12.5 Å². The molecule has 0 radical (unpaired) electrons. The van der Waals surface area contributed by atoms with Crippen LogP contribution in [0, 0.1) is 0 Å². The normalized spacial score (nSPS) is 11.5. The Morgan fingerprint density at radius 2 is 1.58 bits per heavy atom. The van der Waals surface area contributed by atoms with E-state index in [9.17, 15) is 14.4 Å². The highest BCUT2D eigenvalue weighted by Gasteiger charge is 2.21. The van der Waals surface area contributed by atoms with Gasteiger partial charge in [-0.05, 0) is 53.6 Å². The highest BCUT2D eigenvalue weighted by atomic mass is 16.5. The first kappa shape index (κ1) is 23.2. The number of nitrogens with one attached hydrogen (secondary N) is 3. The van der Waals surface area contributed by atoms with Gasteiger partial charge in [-0.3, -0.25) is 19.6 Å². The van der Waals surface area contributed by atoms with Gasteiger partial charge in [0.15, 0.2) is 0 Å². The number of rotatable bonds is 8. The number of carbonyl (C=O) groups is 3. The van der Waals surface area contributed by atoms with Gasteiger partial charge >= 0.3 is 0 Å². The number of anilines is 2. The van der Waals surface area contributed by atoms with Gasteiger partial charge in [-0.15, -0.1) is 0 Å². The first-order chi connectivity index (χ1) is 15.9. The molecule has 6 N–H and O–H groups in total. The van der Waals surface area contributed by atoms with Crippen molar-refractivity contribution in [1.29, 1.82) is 0 Å². The Bertz CT molecular complexity index is 1130. The molecule has 3 rings (SSSR count). The summed E-state index contributed by atoms with van der Waals surface area (Å²) in [5, 5.41) is 14.2. The number of amides is 3. The second kappa shape index (κ2) is 11.3. The van der Waals surface area contributed by atoms with Crippen molar-refractivity contribution < 1.29 is 19.6 Å². The van der Waals surface area contributed by atoms with Crippen LogP contribution in [0.1, 0.15) is 21.5 Å². The third-order valence-electron chi connectivity index (χ3n) is 4.80. The number of hydroxylamine groups is 1. The molecule has 33 heavy (non-hydrogen) atoms. The summed E-state index contributed by atoms with van der Waals surface area (Å²) < 4.78 is 0. The molecule has 0 fully saturated rings. The molecule has 3 aromatic carbocycles. The molecule has 8 nitrogen and oxygen atoms in total. The number of nitrogens with two attached hydrogens (primary N) is 1. The first-order valence-electron chi connectivity index (χ1n) is 10.2. The van der Waals surface area contributed by atoms with E-state index in [0.717, 1.165) is 11.1 Å². The second-order valence-electron chi connectivity index (χ2n) is 7.26. The lowest BCUT2D eigenvalue weighted by molar-refractivity contribution is -0.123. The van der Waals surface area contributed by atoms with Gasteiger partial charge in [0.05, 0.1) is 0 Å². The Balaban J connectivity index is 1.71. The van der Waals surface area contributed by atoms with E-state index in [4.69, 9.17) is 10.9 Å². The minimum absolute atomic E-state index is 0.234. The molecular formula is C25H24N4O4. The number of benzene rings is 3. The maximum atomic E-state index is 13.0. The zero-order valence-electron chi connectivity index (χ0n) is 17.7. The predicted octanol–water partition coefficient (Wildman–Crippen LogP) is 2.77. The number of hydrogen-bond acceptors (Lipinski definition) is 5. The molecule has 0 aliphatic heterocycles. The number of nitrogen functional groups attached to an aromatic ring is 1. The fourth-order valence-corrected chi connectivity index (χ4v) is 3.06. The molecule has 1 atom stereocenters. The topological polar surface area (TPSA) is 134 Å².